The highest BCUT2D eigenvalue weighted by atomic mass is 16.4. The van der Waals surface area contributed by atoms with Gasteiger partial charge in [-0.05, 0) is 36.0 Å². The summed E-state index contributed by atoms with van der Waals surface area (Å²) in [5.41, 5.74) is 3.42. The number of carboxylic acid groups (broad SMARTS) is 1. The van der Waals surface area contributed by atoms with Crippen molar-refractivity contribution < 1.29 is 9.90 Å². The quantitative estimate of drug-likeness (QED) is 0.856. The Hall–Kier alpha value is -2.09. The normalized spacial score (nSPS) is 10.3. The van der Waals surface area contributed by atoms with Crippen molar-refractivity contribution in [3.8, 4) is 0 Å². The van der Waals surface area contributed by atoms with Crippen LogP contribution in [0.5, 0.6) is 0 Å². The summed E-state index contributed by atoms with van der Waals surface area (Å²) < 4.78 is 0. The summed E-state index contributed by atoms with van der Waals surface area (Å²) in [6.07, 6.45) is 3.11. The molecule has 98 valence electrons. The minimum Gasteiger partial charge on any atom is -0.481 e. The van der Waals surface area contributed by atoms with Crippen LogP contribution in [-0.4, -0.2) is 11.1 Å². The first-order valence-electron chi connectivity index (χ1n) is 6.58. The fourth-order valence-electron chi connectivity index (χ4n) is 2.26. The average molecular weight is 254 g/mol. The molecule has 2 aromatic carbocycles. The average Bonchev–Trinajstić information content (AvgIpc) is 2.41. The molecule has 19 heavy (non-hydrogen) atoms. The van der Waals surface area contributed by atoms with E-state index in [4.69, 9.17) is 5.11 Å². The largest absolute Gasteiger partial charge is 0.481 e. The van der Waals surface area contributed by atoms with Crippen molar-refractivity contribution in [2.75, 3.05) is 0 Å². The number of aryl methyl sites for hydroxylation is 2. The van der Waals surface area contributed by atoms with E-state index >= 15 is 0 Å². The van der Waals surface area contributed by atoms with Crippen LogP contribution in [0.3, 0.4) is 0 Å². The van der Waals surface area contributed by atoms with E-state index in [2.05, 4.69) is 12.1 Å². The molecule has 0 aliphatic heterocycles. The van der Waals surface area contributed by atoms with E-state index in [1.54, 1.807) is 0 Å². The molecule has 0 aliphatic carbocycles. The van der Waals surface area contributed by atoms with E-state index < -0.39 is 5.97 Å². The van der Waals surface area contributed by atoms with E-state index in [-0.39, 0.29) is 6.42 Å². The van der Waals surface area contributed by atoms with Crippen molar-refractivity contribution in [3.05, 3.63) is 71.3 Å². The molecule has 0 saturated heterocycles. The molecule has 2 aromatic rings. The van der Waals surface area contributed by atoms with Gasteiger partial charge in [0, 0.05) is 0 Å². The molecule has 0 bridgehead atoms. The number of carbonyl (C=O) groups is 1. The van der Waals surface area contributed by atoms with Crippen molar-refractivity contribution in [3.63, 3.8) is 0 Å². The Morgan fingerprint density at radius 3 is 2.16 bits per heavy atom. The van der Waals surface area contributed by atoms with Crippen LogP contribution in [0.1, 0.15) is 23.1 Å². The van der Waals surface area contributed by atoms with Gasteiger partial charge < -0.3 is 5.11 Å². The van der Waals surface area contributed by atoms with Gasteiger partial charge in [-0.25, -0.2) is 0 Å². The number of aliphatic carboxylic acids is 1. The Morgan fingerprint density at radius 1 is 0.842 bits per heavy atom. The van der Waals surface area contributed by atoms with Crippen molar-refractivity contribution in [2.45, 2.75) is 25.7 Å². The van der Waals surface area contributed by atoms with Crippen molar-refractivity contribution in [1.82, 2.24) is 0 Å². The minimum atomic E-state index is -0.768. The zero-order valence-electron chi connectivity index (χ0n) is 10.9. The lowest BCUT2D eigenvalue weighted by Crippen LogP contribution is -2.04. The summed E-state index contributed by atoms with van der Waals surface area (Å²) in [5.74, 6) is -0.768. The molecule has 0 aromatic heterocycles. The highest BCUT2D eigenvalue weighted by molar-refractivity contribution is 5.70. The number of hydrogen-bond acceptors (Lipinski definition) is 1. The molecule has 0 unspecified atom stereocenters. The van der Waals surface area contributed by atoms with Gasteiger partial charge in [-0.2, -0.15) is 0 Å². The SMILES string of the molecule is O=C(O)Cc1ccccc1CCCc1ccccc1. The lowest BCUT2D eigenvalue weighted by Gasteiger charge is -2.07. The molecule has 0 amide bonds. The first-order chi connectivity index (χ1) is 9.25. The number of benzene rings is 2. The zero-order valence-corrected chi connectivity index (χ0v) is 10.9. The summed E-state index contributed by atoms with van der Waals surface area (Å²) in [4.78, 5) is 10.8. The molecule has 0 saturated carbocycles. The Morgan fingerprint density at radius 2 is 1.47 bits per heavy atom. The molecule has 2 nitrogen and oxygen atoms in total. The third-order valence-corrected chi connectivity index (χ3v) is 3.21. The molecule has 1 N–H and O–H groups in total. The number of hydrogen-bond donors (Lipinski definition) is 1. The predicted molar refractivity (Wildman–Crippen MR) is 76.2 cm³/mol. The maximum Gasteiger partial charge on any atom is 0.307 e. The second-order valence-corrected chi connectivity index (χ2v) is 4.68. The van der Waals surface area contributed by atoms with E-state index in [1.165, 1.54) is 5.56 Å². The molecule has 0 radical (unpaired) electrons. The van der Waals surface area contributed by atoms with Crippen LogP contribution < -0.4 is 0 Å². The first kappa shape index (κ1) is 13.3. The highest BCUT2D eigenvalue weighted by Gasteiger charge is 2.05. The lowest BCUT2D eigenvalue weighted by atomic mass is 9.98. The third-order valence-electron chi connectivity index (χ3n) is 3.21. The lowest BCUT2D eigenvalue weighted by molar-refractivity contribution is -0.136. The van der Waals surface area contributed by atoms with Gasteiger partial charge in [0.15, 0.2) is 0 Å². The van der Waals surface area contributed by atoms with E-state index in [0.29, 0.717) is 0 Å². The molecule has 0 atom stereocenters. The topological polar surface area (TPSA) is 37.3 Å². The van der Waals surface area contributed by atoms with E-state index in [1.807, 2.05) is 42.5 Å². The maximum atomic E-state index is 10.8. The molecule has 0 fully saturated rings. The van der Waals surface area contributed by atoms with Gasteiger partial charge in [-0.1, -0.05) is 54.6 Å². The van der Waals surface area contributed by atoms with Crippen LogP contribution in [0.2, 0.25) is 0 Å². The highest BCUT2D eigenvalue weighted by Crippen LogP contribution is 2.14. The van der Waals surface area contributed by atoms with Crippen LogP contribution in [0.25, 0.3) is 0 Å². The van der Waals surface area contributed by atoms with Gasteiger partial charge in [0.1, 0.15) is 0 Å². The van der Waals surface area contributed by atoms with Gasteiger partial charge in [0.2, 0.25) is 0 Å². The Balaban J connectivity index is 1.94. The van der Waals surface area contributed by atoms with Crippen LogP contribution in [0, 0.1) is 0 Å². The van der Waals surface area contributed by atoms with Crippen LogP contribution >= 0.6 is 0 Å². The maximum absolute atomic E-state index is 10.8. The monoisotopic (exact) mass is 254 g/mol. The molecule has 2 rings (SSSR count). The molecule has 2 heteroatoms. The fourth-order valence-corrected chi connectivity index (χ4v) is 2.26. The Labute approximate surface area is 113 Å². The van der Waals surface area contributed by atoms with Crippen LogP contribution in [0.15, 0.2) is 54.6 Å². The number of carboxylic acids is 1. The van der Waals surface area contributed by atoms with Crippen molar-refractivity contribution in [1.29, 1.82) is 0 Å². The second-order valence-electron chi connectivity index (χ2n) is 4.68. The van der Waals surface area contributed by atoms with Crippen molar-refractivity contribution >= 4 is 5.97 Å². The van der Waals surface area contributed by atoms with Crippen molar-refractivity contribution in [2.24, 2.45) is 0 Å². The van der Waals surface area contributed by atoms with Gasteiger partial charge in [-0.3, -0.25) is 4.79 Å². The van der Waals surface area contributed by atoms with Gasteiger partial charge in [-0.15, -0.1) is 0 Å². The standard InChI is InChI=1S/C17H18O2/c18-17(19)13-16-11-5-4-10-15(16)12-6-9-14-7-2-1-3-8-14/h1-5,7-8,10-11H,6,9,12-13H2,(H,18,19). The Kier molecular flexibility index (Phi) is 4.73. The molecule has 0 spiro atoms. The minimum absolute atomic E-state index is 0.113. The number of rotatable bonds is 6. The summed E-state index contributed by atoms with van der Waals surface area (Å²) in [5, 5.41) is 8.89. The predicted octanol–water partition coefficient (Wildman–Crippen LogP) is 3.49. The summed E-state index contributed by atoms with van der Waals surface area (Å²) in [6, 6.07) is 18.2. The van der Waals surface area contributed by atoms with E-state index in [0.717, 1.165) is 30.4 Å². The second kappa shape index (κ2) is 6.74. The summed E-state index contributed by atoms with van der Waals surface area (Å²) in [7, 11) is 0. The molecule has 0 aliphatic rings. The fraction of sp³-hybridized carbons (Fsp3) is 0.235. The third kappa shape index (κ3) is 4.25. The van der Waals surface area contributed by atoms with Gasteiger partial charge in [0.05, 0.1) is 6.42 Å². The molecular weight excluding hydrogens is 236 g/mol. The van der Waals surface area contributed by atoms with Gasteiger partial charge >= 0.3 is 5.97 Å². The van der Waals surface area contributed by atoms with Crippen LogP contribution in [-0.2, 0) is 24.1 Å². The molecule has 0 heterocycles. The summed E-state index contributed by atoms with van der Waals surface area (Å²) in [6.45, 7) is 0. The molecular formula is C17H18O2. The van der Waals surface area contributed by atoms with E-state index in [9.17, 15) is 4.79 Å². The van der Waals surface area contributed by atoms with Crippen LogP contribution in [0.4, 0.5) is 0 Å². The Bertz CT molecular complexity index is 532. The zero-order chi connectivity index (χ0) is 13.5. The first-order valence-corrected chi connectivity index (χ1v) is 6.58. The smallest absolute Gasteiger partial charge is 0.307 e. The summed E-state index contributed by atoms with van der Waals surface area (Å²) >= 11 is 0. The van der Waals surface area contributed by atoms with Gasteiger partial charge in [0.25, 0.3) is 0 Å².